The summed E-state index contributed by atoms with van der Waals surface area (Å²) >= 11 is 0. The van der Waals surface area contributed by atoms with Gasteiger partial charge in [-0.2, -0.15) is 0 Å². The van der Waals surface area contributed by atoms with Gasteiger partial charge in [0.25, 0.3) is 0 Å². The van der Waals surface area contributed by atoms with Crippen LogP contribution in [-0.2, 0) is 11.2 Å². The number of rotatable bonds is 6. The minimum Gasteiger partial charge on any atom is -0.361 e. The molecular formula is C20H31FIN5O. The number of carbonyl (C=O) groups is 1. The number of H-pyrrole nitrogens is 1. The smallest absolute Gasteiger partial charge is 0.240 e. The Hall–Kier alpha value is -1.84. The molecule has 2 rings (SSSR count). The van der Waals surface area contributed by atoms with Crippen molar-refractivity contribution in [2.45, 2.75) is 39.7 Å². The SMILES string of the molecule is CCNC(=NCCc1c[nH]c2ccc(F)cc12)N(C)CC(=O)NC(C)(C)C.I. The van der Waals surface area contributed by atoms with Crippen molar-refractivity contribution in [1.29, 1.82) is 0 Å². The van der Waals surface area contributed by atoms with E-state index in [0.29, 0.717) is 25.5 Å². The van der Waals surface area contributed by atoms with Gasteiger partial charge in [-0.15, -0.1) is 24.0 Å². The van der Waals surface area contributed by atoms with Crippen LogP contribution in [0.5, 0.6) is 0 Å². The van der Waals surface area contributed by atoms with Gasteiger partial charge >= 0.3 is 0 Å². The molecule has 0 saturated carbocycles. The molecule has 8 heteroatoms. The highest BCUT2D eigenvalue weighted by Gasteiger charge is 2.16. The third kappa shape index (κ3) is 7.29. The van der Waals surface area contributed by atoms with Crippen molar-refractivity contribution >= 4 is 46.7 Å². The van der Waals surface area contributed by atoms with Gasteiger partial charge in [-0.25, -0.2) is 4.39 Å². The molecule has 0 radical (unpaired) electrons. The minimum absolute atomic E-state index is 0. The molecule has 0 aliphatic rings. The maximum absolute atomic E-state index is 13.5. The molecule has 1 aromatic carbocycles. The van der Waals surface area contributed by atoms with Crippen LogP contribution in [0.3, 0.4) is 0 Å². The molecule has 0 aliphatic heterocycles. The lowest BCUT2D eigenvalue weighted by atomic mass is 10.1. The predicted octanol–water partition coefficient (Wildman–Crippen LogP) is 3.28. The second-order valence-corrected chi connectivity index (χ2v) is 7.64. The number of amides is 1. The Balaban J connectivity index is 0.00000392. The Morgan fingerprint density at radius 2 is 2.04 bits per heavy atom. The van der Waals surface area contributed by atoms with Gasteiger partial charge in [-0.1, -0.05) is 0 Å². The number of fused-ring (bicyclic) bond motifs is 1. The number of aromatic nitrogens is 1. The number of hydrogen-bond acceptors (Lipinski definition) is 2. The Bertz CT molecular complexity index is 813. The van der Waals surface area contributed by atoms with Crippen LogP contribution in [0.1, 0.15) is 33.3 Å². The standard InChI is InChI=1S/C20H30FN5O.HI/c1-6-22-19(26(5)13-18(27)25-20(2,3)4)23-10-9-14-12-24-17-8-7-15(21)11-16(14)17;/h7-8,11-12,24H,6,9-10,13H2,1-5H3,(H,22,23)(H,25,27);1H. The summed E-state index contributed by atoms with van der Waals surface area (Å²) in [5.74, 6) is 0.375. The van der Waals surface area contributed by atoms with Crippen molar-refractivity contribution in [3.05, 3.63) is 35.8 Å². The first kappa shape index (κ1) is 24.2. The topological polar surface area (TPSA) is 72.5 Å². The summed E-state index contributed by atoms with van der Waals surface area (Å²) < 4.78 is 13.5. The average molecular weight is 503 g/mol. The van der Waals surface area contributed by atoms with Gasteiger partial charge < -0.3 is 20.5 Å². The van der Waals surface area contributed by atoms with Crippen molar-refractivity contribution in [3.63, 3.8) is 0 Å². The fraction of sp³-hybridized carbons (Fsp3) is 0.500. The number of aliphatic imine (C=N–C) groups is 1. The van der Waals surface area contributed by atoms with Crippen molar-refractivity contribution in [2.24, 2.45) is 4.99 Å². The van der Waals surface area contributed by atoms with Crippen LogP contribution < -0.4 is 10.6 Å². The zero-order valence-corrected chi connectivity index (χ0v) is 19.6. The Morgan fingerprint density at radius 1 is 1.32 bits per heavy atom. The quantitative estimate of drug-likeness (QED) is 0.322. The third-order valence-corrected chi connectivity index (χ3v) is 3.96. The average Bonchev–Trinajstić information content (AvgIpc) is 2.94. The Kier molecular flexibility index (Phi) is 9.19. The van der Waals surface area contributed by atoms with E-state index in [4.69, 9.17) is 0 Å². The lowest BCUT2D eigenvalue weighted by Crippen LogP contribution is -2.48. The van der Waals surface area contributed by atoms with E-state index in [9.17, 15) is 9.18 Å². The summed E-state index contributed by atoms with van der Waals surface area (Å²) in [5, 5.41) is 7.04. The van der Waals surface area contributed by atoms with E-state index < -0.39 is 0 Å². The highest BCUT2D eigenvalue weighted by Crippen LogP contribution is 2.19. The largest absolute Gasteiger partial charge is 0.361 e. The number of nitrogens with zero attached hydrogens (tertiary/aromatic N) is 2. The first-order valence-corrected chi connectivity index (χ1v) is 9.25. The van der Waals surface area contributed by atoms with E-state index in [-0.39, 0.29) is 47.8 Å². The predicted molar refractivity (Wildman–Crippen MR) is 124 cm³/mol. The van der Waals surface area contributed by atoms with E-state index in [2.05, 4.69) is 20.6 Å². The molecule has 6 nitrogen and oxygen atoms in total. The van der Waals surface area contributed by atoms with Crippen molar-refractivity contribution < 1.29 is 9.18 Å². The molecule has 0 spiro atoms. The fourth-order valence-electron chi connectivity index (χ4n) is 2.86. The number of likely N-dealkylation sites (N-methyl/N-ethyl adjacent to an activating group) is 1. The monoisotopic (exact) mass is 503 g/mol. The van der Waals surface area contributed by atoms with E-state index in [1.807, 2.05) is 40.9 Å². The summed E-state index contributed by atoms with van der Waals surface area (Å²) in [6, 6.07) is 4.73. The number of aromatic amines is 1. The Morgan fingerprint density at radius 3 is 2.68 bits per heavy atom. The van der Waals surface area contributed by atoms with Crippen LogP contribution in [0.25, 0.3) is 10.9 Å². The number of guanidine groups is 1. The molecule has 156 valence electrons. The lowest BCUT2D eigenvalue weighted by molar-refractivity contribution is -0.122. The van der Waals surface area contributed by atoms with E-state index in [1.165, 1.54) is 6.07 Å². The summed E-state index contributed by atoms with van der Waals surface area (Å²) in [6.45, 7) is 9.32. The first-order chi connectivity index (χ1) is 12.7. The fourth-order valence-corrected chi connectivity index (χ4v) is 2.86. The number of halogens is 2. The van der Waals surface area contributed by atoms with Crippen LogP contribution in [0.15, 0.2) is 29.4 Å². The molecule has 0 aliphatic carbocycles. The van der Waals surface area contributed by atoms with Crippen LogP contribution in [-0.4, -0.2) is 54.0 Å². The van der Waals surface area contributed by atoms with Gasteiger partial charge in [0.05, 0.1) is 6.54 Å². The molecule has 0 bridgehead atoms. The number of carbonyl (C=O) groups excluding carboxylic acids is 1. The molecule has 0 fully saturated rings. The van der Waals surface area contributed by atoms with Crippen LogP contribution >= 0.6 is 24.0 Å². The van der Waals surface area contributed by atoms with Gasteiger partial charge in [0.1, 0.15) is 5.82 Å². The zero-order chi connectivity index (χ0) is 20.0. The van der Waals surface area contributed by atoms with E-state index in [1.54, 1.807) is 17.0 Å². The van der Waals surface area contributed by atoms with Crippen molar-refractivity contribution in [1.82, 2.24) is 20.5 Å². The molecule has 0 unspecified atom stereocenters. The zero-order valence-electron chi connectivity index (χ0n) is 17.2. The van der Waals surface area contributed by atoms with Crippen LogP contribution in [0.2, 0.25) is 0 Å². The number of hydrogen-bond donors (Lipinski definition) is 3. The molecular weight excluding hydrogens is 472 g/mol. The van der Waals surface area contributed by atoms with Crippen molar-refractivity contribution in [2.75, 3.05) is 26.7 Å². The van der Waals surface area contributed by atoms with Gasteiger partial charge in [0.15, 0.2) is 5.96 Å². The number of nitrogens with one attached hydrogen (secondary N) is 3. The molecule has 1 aromatic heterocycles. The summed E-state index contributed by atoms with van der Waals surface area (Å²) in [5.41, 5.74) is 1.67. The van der Waals surface area contributed by atoms with E-state index in [0.717, 1.165) is 16.5 Å². The highest BCUT2D eigenvalue weighted by atomic mass is 127. The molecule has 1 heterocycles. The minimum atomic E-state index is -0.266. The highest BCUT2D eigenvalue weighted by molar-refractivity contribution is 14.0. The molecule has 3 N–H and O–H groups in total. The molecule has 0 atom stereocenters. The van der Waals surface area contributed by atoms with Crippen molar-refractivity contribution in [3.8, 4) is 0 Å². The second-order valence-electron chi connectivity index (χ2n) is 7.64. The summed E-state index contributed by atoms with van der Waals surface area (Å²) in [6.07, 6.45) is 2.58. The van der Waals surface area contributed by atoms with Gasteiger partial charge in [0, 0.05) is 42.8 Å². The van der Waals surface area contributed by atoms with Gasteiger partial charge in [-0.05, 0) is 57.9 Å². The molecule has 2 aromatic rings. The second kappa shape index (κ2) is 10.6. The van der Waals surface area contributed by atoms with Gasteiger partial charge in [0.2, 0.25) is 5.91 Å². The Labute approximate surface area is 183 Å². The maximum atomic E-state index is 13.5. The normalized spacial score (nSPS) is 11.9. The van der Waals surface area contributed by atoms with E-state index >= 15 is 0 Å². The lowest BCUT2D eigenvalue weighted by Gasteiger charge is -2.25. The number of benzene rings is 1. The molecule has 0 saturated heterocycles. The first-order valence-electron chi connectivity index (χ1n) is 9.25. The molecule has 1 amide bonds. The molecule has 28 heavy (non-hydrogen) atoms. The third-order valence-electron chi connectivity index (χ3n) is 3.96. The van der Waals surface area contributed by atoms with Gasteiger partial charge in [-0.3, -0.25) is 9.79 Å². The van der Waals surface area contributed by atoms with Crippen LogP contribution in [0.4, 0.5) is 4.39 Å². The maximum Gasteiger partial charge on any atom is 0.240 e. The summed E-state index contributed by atoms with van der Waals surface area (Å²) in [4.78, 5) is 21.7. The summed E-state index contributed by atoms with van der Waals surface area (Å²) in [7, 11) is 1.84. The van der Waals surface area contributed by atoms with Crippen LogP contribution in [0, 0.1) is 5.82 Å².